The van der Waals surface area contributed by atoms with E-state index in [0.29, 0.717) is 16.8 Å². The van der Waals surface area contributed by atoms with Gasteiger partial charge in [-0.25, -0.2) is 4.39 Å². The van der Waals surface area contributed by atoms with Crippen LogP contribution >= 0.6 is 12.2 Å². The monoisotopic (exact) mass is 309 g/mol. The van der Waals surface area contributed by atoms with E-state index >= 15 is 0 Å². The van der Waals surface area contributed by atoms with Crippen LogP contribution in [-0.2, 0) is 0 Å². The van der Waals surface area contributed by atoms with E-state index in [-0.39, 0.29) is 16.9 Å². The van der Waals surface area contributed by atoms with Crippen LogP contribution in [-0.4, -0.2) is 22.2 Å². The lowest BCUT2D eigenvalue weighted by molar-refractivity contribution is 0.156. The number of rotatable bonds is 2. The normalized spacial score (nSPS) is 20.8. The van der Waals surface area contributed by atoms with E-state index in [1.165, 1.54) is 12.1 Å². The van der Waals surface area contributed by atoms with Crippen LogP contribution in [0.5, 0.6) is 0 Å². The molecule has 3 N–H and O–H groups in total. The highest BCUT2D eigenvalue weighted by molar-refractivity contribution is 7.80. The third kappa shape index (κ3) is 4.93. The topological polar surface area (TPSA) is 36.1 Å². The first-order chi connectivity index (χ1) is 9.65. The van der Waals surface area contributed by atoms with Crippen LogP contribution in [0.2, 0.25) is 0 Å². The van der Waals surface area contributed by atoms with Crippen molar-refractivity contribution in [2.24, 2.45) is 0 Å². The smallest absolute Gasteiger partial charge is 0.170 e. The minimum atomic E-state index is -0.271. The van der Waals surface area contributed by atoms with Crippen molar-refractivity contribution >= 4 is 23.0 Å². The Hall–Kier alpha value is -1.20. The van der Waals surface area contributed by atoms with Crippen molar-refractivity contribution in [2.45, 2.75) is 57.7 Å². The molecule has 1 fully saturated rings. The van der Waals surface area contributed by atoms with Crippen LogP contribution in [0.1, 0.15) is 40.5 Å². The molecule has 5 heteroatoms. The largest absolute Gasteiger partial charge is 0.360 e. The number of benzene rings is 1. The van der Waals surface area contributed by atoms with E-state index in [1.807, 2.05) is 0 Å². The molecule has 0 aromatic heterocycles. The van der Waals surface area contributed by atoms with Crippen molar-refractivity contribution in [3.63, 3.8) is 0 Å². The molecule has 0 spiro atoms. The van der Waals surface area contributed by atoms with Crippen molar-refractivity contribution in [1.29, 1.82) is 0 Å². The molecule has 116 valence electrons. The lowest BCUT2D eigenvalue weighted by atomic mass is 9.80. The molecule has 0 saturated carbocycles. The van der Waals surface area contributed by atoms with Gasteiger partial charge < -0.3 is 16.0 Å². The number of piperidine rings is 1. The molecule has 0 amide bonds. The lowest BCUT2D eigenvalue weighted by Crippen LogP contribution is -2.62. The Kier molecular flexibility index (Phi) is 4.54. The second-order valence-electron chi connectivity index (χ2n) is 7.11. The van der Waals surface area contributed by atoms with Crippen LogP contribution in [0, 0.1) is 5.82 Å². The van der Waals surface area contributed by atoms with Gasteiger partial charge in [0.1, 0.15) is 5.82 Å². The summed E-state index contributed by atoms with van der Waals surface area (Å²) in [5.41, 5.74) is 0.793. The zero-order chi connectivity index (χ0) is 15.7. The molecule has 0 bridgehead atoms. The summed E-state index contributed by atoms with van der Waals surface area (Å²) >= 11 is 5.34. The predicted molar refractivity (Wildman–Crippen MR) is 90.1 cm³/mol. The number of halogens is 1. The average molecular weight is 309 g/mol. The summed E-state index contributed by atoms with van der Waals surface area (Å²) in [7, 11) is 0. The fourth-order valence-electron chi connectivity index (χ4n) is 3.34. The molecule has 1 aromatic rings. The van der Waals surface area contributed by atoms with E-state index in [4.69, 9.17) is 12.2 Å². The van der Waals surface area contributed by atoms with E-state index in [2.05, 4.69) is 43.6 Å². The van der Waals surface area contributed by atoms with E-state index in [1.54, 1.807) is 12.1 Å². The van der Waals surface area contributed by atoms with Gasteiger partial charge in [0.25, 0.3) is 0 Å². The highest BCUT2D eigenvalue weighted by atomic mass is 32.1. The summed E-state index contributed by atoms with van der Waals surface area (Å²) in [5.74, 6) is -0.271. The van der Waals surface area contributed by atoms with Gasteiger partial charge in [0.2, 0.25) is 0 Å². The summed E-state index contributed by atoms with van der Waals surface area (Å²) in [4.78, 5) is 0. The van der Waals surface area contributed by atoms with Gasteiger partial charge in [0.15, 0.2) is 5.11 Å². The Morgan fingerprint density at radius 2 is 1.86 bits per heavy atom. The van der Waals surface area contributed by atoms with Gasteiger partial charge in [-0.15, -0.1) is 0 Å². The Morgan fingerprint density at radius 1 is 1.24 bits per heavy atom. The first kappa shape index (κ1) is 16.2. The molecule has 1 saturated heterocycles. The third-order valence-electron chi connectivity index (χ3n) is 3.61. The van der Waals surface area contributed by atoms with Crippen LogP contribution in [0.4, 0.5) is 10.1 Å². The van der Waals surface area contributed by atoms with Crippen LogP contribution < -0.4 is 16.0 Å². The maximum atomic E-state index is 13.2. The molecule has 0 unspecified atom stereocenters. The van der Waals surface area contributed by atoms with Crippen molar-refractivity contribution in [3.05, 3.63) is 30.1 Å². The highest BCUT2D eigenvalue weighted by Gasteiger charge is 2.37. The maximum absolute atomic E-state index is 13.2. The van der Waals surface area contributed by atoms with Gasteiger partial charge in [-0.2, -0.15) is 0 Å². The zero-order valence-corrected chi connectivity index (χ0v) is 13.9. The van der Waals surface area contributed by atoms with Crippen LogP contribution in [0.3, 0.4) is 0 Å². The molecule has 1 aliphatic heterocycles. The Bertz CT molecular complexity index is 512. The summed E-state index contributed by atoms with van der Waals surface area (Å²) < 4.78 is 13.2. The number of hydrogen-bond acceptors (Lipinski definition) is 2. The number of anilines is 1. The van der Waals surface area contributed by atoms with Gasteiger partial charge in [-0.05, 0) is 71.0 Å². The molecule has 0 atom stereocenters. The molecule has 1 heterocycles. The summed E-state index contributed by atoms with van der Waals surface area (Å²) in [6, 6.07) is 6.61. The molecule has 2 rings (SSSR count). The molecular weight excluding hydrogens is 285 g/mol. The maximum Gasteiger partial charge on any atom is 0.170 e. The van der Waals surface area contributed by atoms with E-state index in [0.717, 1.165) is 12.8 Å². The summed E-state index contributed by atoms with van der Waals surface area (Å²) in [5, 5.41) is 10.6. The van der Waals surface area contributed by atoms with E-state index in [9.17, 15) is 4.39 Å². The summed E-state index contributed by atoms with van der Waals surface area (Å²) in [6.45, 7) is 8.80. The minimum Gasteiger partial charge on any atom is -0.360 e. The molecule has 1 aromatic carbocycles. The predicted octanol–water partition coefficient (Wildman–Crippen LogP) is 3.42. The van der Waals surface area contributed by atoms with Gasteiger partial charge in [-0.3, -0.25) is 0 Å². The molecule has 0 radical (unpaired) electrons. The second-order valence-corrected chi connectivity index (χ2v) is 7.51. The van der Waals surface area contributed by atoms with Gasteiger partial charge >= 0.3 is 0 Å². The minimum absolute atomic E-state index is 0.0634. The molecular formula is C16H24FN3S. The van der Waals surface area contributed by atoms with Crippen molar-refractivity contribution in [3.8, 4) is 0 Å². The molecule has 3 nitrogen and oxygen atoms in total. The van der Waals surface area contributed by atoms with Gasteiger partial charge in [-0.1, -0.05) is 6.07 Å². The Labute approximate surface area is 131 Å². The summed E-state index contributed by atoms with van der Waals surface area (Å²) in [6.07, 6.45) is 1.98. The second kappa shape index (κ2) is 5.89. The number of nitrogens with one attached hydrogen (secondary N) is 3. The number of thiocarbonyl (C=S) groups is 1. The fourth-order valence-corrected chi connectivity index (χ4v) is 3.63. The SMILES string of the molecule is CC1(C)CC(NC(=S)Nc2cccc(F)c2)CC(C)(C)N1. The Morgan fingerprint density at radius 3 is 2.43 bits per heavy atom. The van der Waals surface area contributed by atoms with Crippen molar-refractivity contribution in [2.75, 3.05) is 5.32 Å². The first-order valence-electron chi connectivity index (χ1n) is 7.28. The van der Waals surface area contributed by atoms with E-state index < -0.39 is 0 Å². The van der Waals surface area contributed by atoms with Crippen LogP contribution in [0.15, 0.2) is 24.3 Å². The lowest BCUT2D eigenvalue weighted by Gasteiger charge is -2.46. The fraction of sp³-hybridized carbons (Fsp3) is 0.562. The standard InChI is InChI=1S/C16H24FN3S/c1-15(2)9-13(10-16(3,4)20-15)19-14(21)18-12-7-5-6-11(17)8-12/h5-8,13,20H,9-10H2,1-4H3,(H2,18,19,21). The van der Waals surface area contributed by atoms with Crippen LogP contribution in [0.25, 0.3) is 0 Å². The van der Waals surface area contributed by atoms with Gasteiger partial charge in [0.05, 0.1) is 0 Å². The Balaban J connectivity index is 1.96. The zero-order valence-electron chi connectivity index (χ0n) is 13.1. The highest BCUT2D eigenvalue weighted by Crippen LogP contribution is 2.28. The molecule has 21 heavy (non-hydrogen) atoms. The van der Waals surface area contributed by atoms with Crippen molar-refractivity contribution in [1.82, 2.24) is 10.6 Å². The number of hydrogen-bond donors (Lipinski definition) is 3. The first-order valence-corrected chi connectivity index (χ1v) is 7.69. The average Bonchev–Trinajstić information content (AvgIpc) is 2.23. The van der Waals surface area contributed by atoms with Gasteiger partial charge in [0, 0.05) is 22.8 Å². The van der Waals surface area contributed by atoms with Crippen molar-refractivity contribution < 1.29 is 4.39 Å². The third-order valence-corrected chi connectivity index (χ3v) is 3.83. The molecule has 1 aliphatic rings. The molecule has 0 aliphatic carbocycles. The quantitative estimate of drug-likeness (QED) is 0.732.